The predicted molar refractivity (Wildman–Crippen MR) is 81.7 cm³/mol. The highest BCUT2D eigenvalue weighted by Crippen LogP contribution is 2.27. The Kier molecular flexibility index (Phi) is 4.82. The van der Waals surface area contributed by atoms with Gasteiger partial charge in [0.25, 0.3) is 0 Å². The number of nitrogens with one attached hydrogen (secondary N) is 2. The third kappa shape index (κ3) is 4.11. The molecule has 2 rings (SSSR count). The van der Waals surface area contributed by atoms with Gasteiger partial charge in [-0.25, -0.2) is 4.39 Å². The van der Waals surface area contributed by atoms with Crippen LogP contribution in [0, 0.1) is 11.7 Å². The molecular weight excluding hydrogens is 255 g/mol. The van der Waals surface area contributed by atoms with Gasteiger partial charge in [-0.05, 0) is 36.5 Å². The van der Waals surface area contributed by atoms with Crippen molar-refractivity contribution in [1.29, 1.82) is 0 Å². The second kappa shape index (κ2) is 6.59. The summed E-state index contributed by atoms with van der Waals surface area (Å²) in [5.74, 6) is 1.37. The number of benzene rings is 1. The Morgan fingerprint density at radius 1 is 1.35 bits per heavy atom. The lowest BCUT2D eigenvalue weighted by molar-refractivity contribution is 0.622. The van der Waals surface area contributed by atoms with Gasteiger partial charge in [0.15, 0.2) is 5.96 Å². The molecule has 110 valence electrons. The Hall–Kier alpha value is -1.78. The first-order valence-corrected chi connectivity index (χ1v) is 7.00. The van der Waals surface area contributed by atoms with E-state index in [0.717, 1.165) is 24.0 Å². The average Bonchev–Trinajstić information content (AvgIpc) is 3.22. The minimum absolute atomic E-state index is 0.199. The normalized spacial score (nSPS) is 15.1. The van der Waals surface area contributed by atoms with E-state index in [4.69, 9.17) is 0 Å². The highest BCUT2D eigenvalue weighted by atomic mass is 19.1. The number of rotatable bonds is 5. The van der Waals surface area contributed by atoms with Crippen molar-refractivity contribution in [1.82, 2.24) is 10.6 Å². The van der Waals surface area contributed by atoms with Crippen LogP contribution in [0.2, 0.25) is 0 Å². The maximum absolute atomic E-state index is 13.9. The molecule has 0 amide bonds. The fourth-order valence-corrected chi connectivity index (χ4v) is 1.99. The molecule has 0 saturated heterocycles. The standard InChI is InChI=1S/C15H23FN4/c1-17-15(18-9-11-4-5-11)19-10-12-6-7-14(20(2)3)13(16)8-12/h6-8,11H,4-5,9-10H2,1-3H3,(H2,17,18,19). The molecule has 1 fully saturated rings. The Morgan fingerprint density at radius 2 is 2.10 bits per heavy atom. The van der Waals surface area contributed by atoms with E-state index in [0.29, 0.717) is 12.2 Å². The summed E-state index contributed by atoms with van der Waals surface area (Å²) in [5.41, 5.74) is 1.51. The zero-order valence-electron chi connectivity index (χ0n) is 12.4. The molecule has 0 heterocycles. The second-order valence-corrected chi connectivity index (χ2v) is 5.43. The van der Waals surface area contributed by atoms with Crippen LogP contribution >= 0.6 is 0 Å². The van der Waals surface area contributed by atoms with Gasteiger partial charge in [-0.2, -0.15) is 0 Å². The lowest BCUT2D eigenvalue weighted by Crippen LogP contribution is -2.37. The van der Waals surface area contributed by atoms with Crippen LogP contribution in [0.15, 0.2) is 23.2 Å². The van der Waals surface area contributed by atoms with E-state index in [1.165, 1.54) is 12.8 Å². The van der Waals surface area contributed by atoms with Crippen molar-refractivity contribution in [2.75, 3.05) is 32.6 Å². The summed E-state index contributed by atoms with van der Waals surface area (Å²) >= 11 is 0. The summed E-state index contributed by atoms with van der Waals surface area (Å²) in [6, 6.07) is 5.29. The molecule has 1 aliphatic rings. The van der Waals surface area contributed by atoms with E-state index in [-0.39, 0.29) is 5.82 Å². The van der Waals surface area contributed by atoms with E-state index in [9.17, 15) is 4.39 Å². The van der Waals surface area contributed by atoms with Crippen LogP contribution in [0.5, 0.6) is 0 Å². The SMILES string of the molecule is CN=C(NCc1ccc(N(C)C)c(F)c1)NCC1CC1. The first-order valence-electron chi connectivity index (χ1n) is 7.00. The van der Waals surface area contributed by atoms with Gasteiger partial charge in [0.1, 0.15) is 5.82 Å². The monoisotopic (exact) mass is 278 g/mol. The molecule has 1 aromatic rings. The molecule has 0 unspecified atom stereocenters. The van der Waals surface area contributed by atoms with Crippen LogP contribution in [0.3, 0.4) is 0 Å². The molecule has 5 heteroatoms. The molecule has 2 N–H and O–H groups in total. The maximum Gasteiger partial charge on any atom is 0.191 e. The van der Waals surface area contributed by atoms with Crippen molar-refractivity contribution >= 4 is 11.6 Å². The molecule has 0 radical (unpaired) electrons. The van der Waals surface area contributed by atoms with E-state index >= 15 is 0 Å². The number of nitrogens with zero attached hydrogens (tertiary/aromatic N) is 2. The minimum atomic E-state index is -0.199. The molecule has 0 spiro atoms. The van der Waals surface area contributed by atoms with E-state index < -0.39 is 0 Å². The van der Waals surface area contributed by atoms with E-state index in [1.807, 2.05) is 20.2 Å². The van der Waals surface area contributed by atoms with Crippen LogP contribution in [-0.2, 0) is 6.54 Å². The number of halogens is 1. The number of aliphatic imine (C=N–C) groups is 1. The maximum atomic E-state index is 13.9. The summed E-state index contributed by atoms with van der Waals surface area (Å²) in [6.45, 7) is 1.53. The Morgan fingerprint density at radius 3 is 2.65 bits per heavy atom. The first kappa shape index (κ1) is 14.6. The van der Waals surface area contributed by atoms with Crippen molar-refractivity contribution in [3.63, 3.8) is 0 Å². The number of hydrogen-bond donors (Lipinski definition) is 2. The zero-order valence-corrected chi connectivity index (χ0v) is 12.4. The van der Waals surface area contributed by atoms with Crippen LogP contribution in [0.25, 0.3) is 0 Å². The molecule has 0 aliphatic heterocycles. The van der Waals surface area contributed by atoms with Gasteiger partial charge >= 0.3 is 0 Å². The van der Waals surface area contributed by atoms with Crippen molar-refractivity contribution in [3.05, 3.63) is 29.6 Å². The third-order valence-electron chi connectivity index (χ3n) is 3.43. The fourth-order valence-electron chi connectivity index (χ4n) is 1.99. The lowest BCUT2D eigenvalue weighted by Gasteiger charge is -2.15. The fraction of sp³-hybridized carbons (Fsp3) is 0.533. The van der Waals surface area contributed by atoms with Gasteiger partial charge in [-0.1, -0.05) is 6.07 Å². The van der Waals surface area contributed by atoms with Gasteiger partial charge in [0.2, 0.25) is 0 Å². The summed E-state index contributed by atoms with van der Waals surface area (Å²) in [4.78, 5) is 5.93. The Balaban J connectivity index is 1.87. The van der Waals surface area contributed by atoms with Gasteiger partial charge in [-0.15, -0.1) is 0 Å². The molecule has 1 saturated carbocycles. The predicted octanol–water partition coefficient (Wildman–Crippen LogP) is 1.97. The molecule has 0 atom stereocenters. The molecular formula is C15H23FN4. The number of guanidine groups is 1. The number of anilines is 1. The summed E-state index contributed by atoms with van der Waals surface area (Å²) in [6.07, 6.45) is 2.61. The van der Waals surface area contributed by atoms with Gasteiger partial charge in [-0.3, -0.25) is 4.99 Å². The smallest absolute Gasteiger partial charge is 0.191 e. The Bertz CT molecular complexity index is 481. The van der Waals surface area contributed by atoms with Crippen LogP contribution < -0.4 is 15.5 Å². The van der Waals surface area contributed by atoms with Crippen molar-refractivity contribution < 1.29 is 4.39 Å². The molecule has 1 aliphatic carbocycles. The largest absolute Gasteiger partial charge is 0.375 e. The highest BCUT2D eigenvalue weighted by molar-refractivity contribution is 5.79. The topological polar surface area (TPSA) is 39.7 Å². The molecule has 4 nitrogen and oxygen atoms in total. The first-order chi connectivity index (χ1) is 9.60. The van der Waals surface area contributed by atoms with Crippen molar-refractivity contribution in [2.24, 2.45) is 10.9 Å². The molecule has 1 aromatic carbocycles. The average molecular weight is 278 g/mol. The summed E-state index contributed by atoms with van der Waals surface area (Å²) in [5, 5.41) is 6.49. The molecule has 0 aromatic heterocycles. The number of hydrogen-bond acceptors (Lipinski definition) is 2. The zero-order chi connectivity index (χ0) is 14.5. The van der Waals surface area contributed by atoms with Crippen LogP contribution in [0.4, 0.5) is 10.1 Å². The van der Waals surface area contributed by atoms with Crippen LogP contribution in [-0.4, -0.2) is 33.6 Å². The Labute approximate surface area is 120 Å². The quantitative estimate of drug-likeness (QED) is 0.639. The van der Waals surface area contributed by atoms with Crippen molar-refractivity contribution in [3.8, 4) is 0 Å². The van der Waals surface area contributed by atoms with Crippen LogP contribution in [0.1, 0.15) is 18.4 Å². The van der Waals surface area contributed by atoms with Crippen molar-refractivity contribution in [2.45, 2.75) is 19.4 Å². The third-order valence-corrected chi connectivity index (χ3v) is 3.43. The summed E-state index contributed by atoms with van der Waals surface area (Å²) < 4.78 is 13.9. The molecule has 0 bridgehead atoms. The highest BCUT2D eigenvalue weighted by Gasteiger charge is 2.21. The minimum Gasteiger partial charge on any atom is -0.375 e. The second-order valence-electron chi connectivity index (χ2n) is 5.43. The van der Waals surface area contributed by atoms with E-state index in [2.05, 4.69) is 15.6 Å². The van der Waals surface area contributed by atoms with Gasteiger partial charge in [0.05, 0.1) is 5.69 Å². The lowest BCUT2D eigenvalue weighted by atomic mass is 10.2. The molecule has 20 heavy (non-hydrogen) atoms. The summed E-state index contributed by atoms with van der Waals surface area (Å²) in [7, 11) is 5.41. The van der Waals surface area contributed by atoms with E-state index in [1.54, 1.807) is 24.1 Å². The van der Waals surface area contributed by atoms with Gasteiger partial charge in [0, 0.05) is 34.2 Å². The van der Waals surface area contributed by atoms with Gasteiger partial charge < -0.3 is 15.5 Å².